The molecule has 1 unspecified atom stereocenters. The summed E-state index contributed by atoms with van der Waals surface area (Å²) in [5, 5.41) is 20.2. The molecule has 2 fully saturated rings. The molecule has 2 N–H and O–H groups in total. The molecule has 1 aromatic rings. The maximum Gasteiger partial charge on any atom is 0.317 e. The van der Waals surface area contributed by atoms with Gasteiger partial charge in [-0.2, -0.15) is 5.10 Å². The summed E-state index contributed by atoms with van der Waals surface area (Å²) in [4.78, 5) is 29.5. The van der Waals surface area contributed by atoms with Crippen molar-refractivity contribution in [3.05, 3.63) is 18.3 Å². The molecule has 2 amide bonds. The first kappa shape index (κ1) is 20.3. The Morgan fingerprint density at radius 3 is 2.79 bits per heavy atom. The van der Waals surface area contributed by atoms with Gasteiger partial charge in [0.15, 0.2) is 5.82 Å². The number of likely N-dealkylation sites (N-methyl/N-ethyl adjacent to an activating group) is 2. The lowest BCUT2D eigenvalue weighted by molar-refractivity contribution is -0.139. The van der Waals surface area contributed by atoms with Crippen molar-refractivity contribution in [2.24, 2.45) is 0 Å². The number of nitrogens with one attached hydrogen (secondary N) is 1. The number of aliphatic carboxylic acids is 1. The summed E-state index contributed by atoms with van der Waals surface area (Å²) in [6.07, 6.45) is 5.24. The number of carboxylic acids is 1. The summed E-state index contributed by atoms with van der Waals surface area (Å²) < 4.78 is 0. The second-order valence-corrected chi connectivity index (χ2v) is 7.66. The Balaban J connectivity index is 1.47. The lowest BCUT2D eigenvalue weighted by atomic mass is 9.85. The Labute approximate surface area is 165 Å². The number of piperidine rings is 1. The predicted molar refractivity (Wildman–Crippen MR) is 105 cm³/mol. The summed E-state index contributed by atoms with van der Waals surface area (Å²) >= 11 is 0. The quantitative estimate of drug-likeness (QED) is 0.717. The van der Waals surface area contributed by atoms with Crippen LogP contribution in [-0.4, -0.2) is 88.5 Å². The van der Waals surface area contributed by atoms with Crippen molar-refractivity contribution in [1.29, 1.82) is 0 Å². The Hall–Kier alpha value is -2.42. The van der Waals surface area contributed by atoms with Crippen LogP contribution in [0.15, 0.2) is 18.3 Å². The molecule has 2 heterocycles. The normalized spacial score (nSPS) is 24.5. The summed E-state index contributed by atoms with van der Waals surface area (Å²) in [6.45, 7) is 4.40. The van der Waals surface area contributed by atoms with Gasteiger partial charge < -0.3 is 20.2 Å². The van der Waals surface area contributed by atoms with Crippen molar-refractivity contribution in [1.82, 2.24) is 25.3 Å². The molecule has 1 aliphatic carbocycles. The fourth-order valence-corrected chi connectivity index (χ4v) is 4.06. The van der Waals surface area contributed by atoms with E-state index in [9.17, 15) is 9.59 Å². The van der Waals surface area contributed by atoms with Crippen LogP contribution in [0.1, 0.15) is 32.6 Å². The van der Waals surface area contributed by atoms with Crippen LogP contribution < -0.4 is 10.2 Å². The van der Waals surface area contributed by atoms with Gasteiger partial charge in [-0.25, -0.2) is 4.79 Å². The maximum atomic E-state index is 12.7. The fourth-order valence-electron chi connectivity index (χ4n) is 4.06. The summed E-state index contributed by atoms with van der Waals surface area (Å²) in [6, 6.07) is 4.24. The summed E-state index contributed by atoms with van der Waals surface area (Å²) in [5.74, 6) is 0.0416. The van der Waals surface area contributed by atoms with Crippen molar-refractivity contribution >= 4 is 17.8 Å². The zero-order valence-electron chi connectivity index (χ0n) is 16.6. The van der Waals surface area contributed by atoms with Crippen LogP contribution in [0, 0.1) is 0 Å². The van der Waals surface area contributed by atoms with E-state index < -0.39 is 5.97 Å². The standard InChI is InChI=1S/C19H30N6O3/c1-3-24(13-18(26)27)16-10-14(11-16)21-19(28)23(2)15-6-5-9-25(12-15)17-7-4-8-20-22-17/h4,7-8,14-16H,3,5-6,9-13H2,1-2H3,(H,21,28)(H,26,27). The minimum atomic E-state index is -0.806. The summed E-state index contributed by atoms with van der Waals surface area (Å²) in [7, 11) is 1.85. The average molecular weight is 390 g/mol. The van der Waals surface area contributed by atoms with Gasteiger partial charge in [-0.3, -0.25) is 9.69 Å². The van der Waals surface area contributed by atoms with Gasteiger partial charge in [-0.15, -0.1) is 5.10 Å². The SMILES string of the molecule is CCN(CC(=O)O)C1CC(NC(=O)N(C)C2CCCN(c3cccnn3)C2)C1. The number of carboxylic acid groups (broad SMARTS) is 1. The minimum Gasteiger partial charge on any atom is -0.480 e. The number of rotatable bonds is 7. The first-order chi connectivity index (χ1) is 13.5. The average Bonchev–Trinajstić information content (AvgIpc) is 2.68. The van der Waals surface area contributed by atoms with E-state index in [-0.39, 0.29) is 30.7 Å². The van der Waals surface area contributed by atoms with Crippen molar-refractivity contribution < 1.29 is 14.7 Å². The molecule has 1 saturated heterocycles. The van der Waals surface area contributed by atoms with Crippen LogP contribution >= 0.6 is 0 Å². The topological polar surface area (TPSA) is 102 Å². The highest BCUT2D eigenvalue weighted by Crippen LogP contribution is 2.26. The summed E-state index contributed by atoms with van der Waals surface area (Å²) in [5.41, 5.74) is 0. The van der Waals surface area contributed by atoms with Crippen LogP contribution in [0.4, 0.5) is 10.6 Å². The molecule has 9 nitrogen and oxygen atoms in total. The number of hydrogen-bond acceptors (Lipinski definition) is 6. The third-order valence-corrected chi connectivity index (χ3v) is 5.85. The number of carbonyl (C=O) groups excluding carboxylic acids is 1. The van der Waals surface area contributed by atoms with Gasteiger partial charge in [0.05, 0.1) is 12.6 Å². The van der Waals surface area contributed by atoms with Crippen molar-refractivity contribution in [3.63, 3.8) is 0 Å². The molecule has 1 saturated carbocycles. The van der Waals surface area contributed by atoms with E-state index >= 15 is 0 Å². The van der Waals surface area contributed by atoms with E-state index in [1.165, 1.54) is 0 Å². The van der Waals surface area contributed by atoms with Crippen molar-refractivity contribution in [2.75, 3.05) is 38.1 Å². The molecule has 154 valence electrons. The Morgan fingerprint density at radius 2 is 2.14 bits per heavy atom. The van der Waals surface area contributed by atoms with E-state index in [0.717, 1.165) is 44.6 Å². The van der Waals surface area contributed by atoms with Gasteiger partial charge in [0, 0.05) is 38.4 Å². The molecule has 2 aliphatic rings. The first-order valence-corrected chi connectivity index (χ1v) is 9.99. The van der Waals surface area contributed by atoms with E-state index in [0.29, 0.717) is 6.54 Å². The van der Waals surface area contributed by atoms with E-state index in [1.54, 1.807) is 11.1 Å². The van der Waals surface area contributed by atoms with Gasteiger partial charge in [-0.1, -0.05) is 6.92 Å². The molecule has 3 rings (SSSR count). The molecule has 28 heavy (non-hydrogen) atoms. The molecule has 9 heteroatoms. The van der Waals surface area contributed by atoms with E-state index in [2.05, 4.69) is 20.4 Å². The zero-order valence-corrected chi connectivity index (χ0v) is 16.6. The van der Waals surface area contributed by atoms with Gasteiger partial charge >= 0.3 is 12.0 Å². The minimum absolute atomic E-state index is 0.0576. The molecule has 0 spiro atoms. The monoisotopic (exact) mass is 390 g/mol. The highest BCUT2D eigenvalue weighted by molar-refractivity contribution is 5.75. The lowest BCUT2D eigenvalue weighted by Crippen LogP contribution is -2.58. The third kappa shape index (κ3) is 4.89. The third-order valence-electron chi connectivity index (χ3n) is 5.85. The molecule has 0 bridgehead atoms. The predicted octanol–water partition coefficient (Wildman–Crippen LogP) is 1.02. The largest absolute Gasteiger partial charge is 0.480 e. The van der Waals surface area contributed by atoms with Gasteiger partial charge in [0.1, 0.15) is 0 Å². The number of urea groups is 1. The zero-order chi connectivity index (χ0) is 20.1. The maximum absolute atomic E-state index is 12.7. The number of amides is 2. The molecule has 1 atom stereocenters. The second-order valence-electron chi connectivity index (χ2n) is 7.66. The number of aromatic nitrogens is 2. The lowest BCUT2D eigenvalue weighted by Gasteiger charge is -2.43. The van der Waals surface area contributed by atoms with E-state index in [1.807, 2.05) is 31.0 Å². The number of nitrogens with zero attached hydrogens (tertiary/aromatic N) is 5. The van der Waals surface area contributed by atoms with Crippen LogP contribution in [0.2, 0.25) is 0 Å². The van der Waals surface area contributed by atoms with Gasteiger partial charge in [0.25, 0.3) is 0 Å². The van der Waals surface area contributed by atoms with Crippen LogP contribution in [0.25, 0.3) is 0 Å². The van der Waals surface area contributed by atoms with Crippen LogP contribution in [0.3, 0.4) is 0 Å². The highest BCUT2D eigenvalue weighted by Gasteiger charge is 2.36. The smallest absolute Gasteiger partial charge is 0.317 e. The Bertz CT molecular complexity index is 667. The van der Waals surface area contributed by atoms with Crippen molar-refractivity contribution in [2.45, 2.75) is 50.7 Å². The molecular weight excluding hydrogens is 360 g/mol. The fraction of sp³-hybridized carbons (Fsp3) is 0.684. The number of carbonyl (C=O) groups is 2. The Kier molecular flexibility index (Phi) is 6.66. The molecule has 0 radical (unpaired) electrons. The van der Waals surface area contributed by atoms with Crippen molar-refractivity contribution in [3.8, 4) is 0 Å². The van der Waals surface area contributed by atoms with Crippen LogP contribution in [-0.2, 0) is 4.79 Å². The van der Waals surface area contributed by atoms with Crippen LogP contribution in [0.5, 0.6) is 0 Å². The first-order valence-electron chi connectivity index (χ1n) is 9.99. The molecule has 1 aromatic heterocycles. The number of hydrogen-bond donors (Lipinski definition) is 2. The number of anilines is 1. The van der Waals surface area contributed by atoms with E-state index in [4.69, 9.17) is 5.11 Å². The Morgan fingerprint density at radius 1 is 1.36 bits per heavy atom. The molecular formula is C19H30N6O3. The van der Waals surface area contributed by atoms with Gasteiger partial charge in [-0.05, 0) is 44.4 Å². The van der Waals surface area contributed by atoms with Gasteiger partial charge in [0.2, 0.25) is 0 Å². The highest BCUT2D eigenvalue weighted by atomic mass is 16.4. The molecule has 0 aromatic carbocycles. The second kappa shape index (κ2) is 9.18. The molecule has 1 aliphatic heterocycles.